The number of hydrogen-bond donors (Lipinski definition) is 2. The molecule has 1 aromatic heterocycles. The average Bonchev–Trinajstić information content (AvgIpc) is 2.96. The van der Waals surface area contributed by atoms with Gasteiger partial charge in [0.1, 0.15) is 5.75 Å². The average molecular weight is 335 g/mol. The predicted molar refractivity (Wildman–Crippen MR) is 82.0 cm³/mol. The van der Waals surface area contributed by atoms with Crippen LogP contribution in [0.1, 0.15) is 15.9 Å². The van der Waals surface area contributed by atoms with E-state index in [4.69, 9.17) is 4.74 Å². The zero-order valence-electron chi connectivity index (χ0n) is 12.4. The highest BCUT2D eigenvalue weighted by atomic mass is 19.4. The molecule has 5 nitrogen and oxygen atoms in total. The number of alkyl halides is 3. The van der Waals surface area contributed by atoms with Crippen LogP contribution in [0.3, 0.4) is 0 Å². The number of fused-ring (bicyclic) bond motifs is 1. The minimum Gasteiger partial charge on any atom is -0.497 e. The van der Waals surface area contributed by atoms with Gasteiger partial charge in [0.2, 0.25) is 0 Å². The number of ether oxygens (including phenoxy) is 1. The van der Waals surface area contributed by atoms with Crippen molar-refractivity contribution in [2.75, 3.05) is 12.4 Å². The molecule has 0 saturated heterocycles. The summed E-state index contributed by atoms with van der Waals surface area (Å²) < 4.78 is 42.8. The van der Waals surface area contributed by atoms with Gasteiger partial charge in [0.05, 0.1) is 18.2 Å². The minimum absolute atomic E-state index is 0.0991. The molecule has 0 spiro atoms. The van der Waals surface area contributed by atoms with E-state index in [0.717, 1.165) is 24.3 Å². The van der Waals surface area contributed by atoms with E-state index in [1.807, 2.05) is 0 Å². The van der Waals surface area contributed by atoms with Crippen molar-refractivity contribution in [3.05, 3.63) is 53.6 Å². The number of halogens is 3. The molecule has 24 heavy (non-hydrogen) atoms. The lowest BCUT2D eigenvalue weighted by Gasteiger charge is -2.07. The third kappa shape index (κ3) is 3.03. The second-order valence-corrected chi connectivity index (χ2v) is 5.01. The van der Waals surface area contributed by atoms with Gasteiger partial charge in [-0.25, -0.2) is 0 Å². The first kappa shape index (κ1) is 15.9. The monoisotopic (exact) mass is 335 g/mol. The number of aromatic nitrogens is 2. The molecule has 0 aliphatic rings. The lowest BCUT2D eigenvalue weighted by molar-refractivity contribution is -0.137. The summed E-state index contributed by atoms with van der Waals surface area (Å²) in [5.41, 5.74) is -0.0189. The number of nitrogens with one attached hydrogen (secondary N) is 2. The van der Waals surface area contributed by atoms with Gasteiger partial charge in [-0.2, -0.15) is 18.3 Å². The summed E-state index contributed by atoms with van der Waals surface area (Å²) in [7, 11) is 1.52. The van der Waals surface area contributed by atoms with E-state index in [0.29, 0.717) is 16.7 Å². The van der Waals surface area contributed by atoms with Gasteiger partial charge in [0, 0.05) is 10.9 Å². The van der Waals surface area contributed by atoms with Gasteiger partial charge in [-0.05, 0) is 42.5 Å². The zero-order chi connectivity index (χ0) is 17.3. The van der Waals surface area contributed by atoms with Crippen LogP contribution in [0.25, 0.3) is 10.9 Å². The van der Waals surface area contributed by atoms with Gasteiger partial charge in [-0.1, -0.05) is 0 Å². The second kappa shape index (κ2) is 5.88. The summed E-state index contributed by atoms with van der Waals surface area (Å²) in [6, 6.07) is 9.14. The lowest BCUT2D eigenvalue weighted by Crippen LogP contribution is -2.13. The van der Waals surface area contributed by atoms with Gasteiger partial charge in [-0.15, -0.1) is 0 Å². The van der Waals surface area contributed by atoms with E-state index in [9.17, 15) is 18.0 Å². The van der Waals surface area contributed by atoms with Gasteiger partial charge < -0.3 is 10.1 Å². The van der Waals surface area contributed by atoms with E-state index in [1.54, 1.807) is 18.2 Å². The third-order valence-corrected chi connectivity index (χ3v) is 3.48. The first-order valence-corrected chi connectivity index (χ1v) is 6.89. The Morgan fingerprint density at radius 2 is 1.88 bits per heavy atom. The number of hydrogen-bond acceptors (Lipinski definition) is 3. The summed E-state index contributed by atoms with van der Waals surface area (Å²) in [4.78, 5) is 12.2. The first-order chi connectivity index (χ1) is 11.4. The number of anilines is 1. The van der Waals surface area contributed by atoms with E-state index >= 15 is 0 Å². The molecule has 1 amide bonds. The second-order valence-electron chi connectivity index (χ2n) is 5.01. The summed E-state index contributed by atoms with van der Waals surface area (Å²) in [5.74, 6) is 0.308. The molecule has 8 heteroatoms. The Kier molecular flexibility index (Phi) is 3.88. The van der Waals surface area contributed by atoms with Crippen molar-refractivity contribution >= 4 is 22.6 Å². The fourth-order valence-corrected chi connectivity index (χ4v) is 2.21. The molecule has 0 saturated carbocycles. The Morgan fingerprint density at radius 1 is 1.17 bits per heavy atom. The fourth-order valence-electron chi connectivity index (χ4n) is 2.21. The van der Waals surface area contributed by atoms with Crippen molar-refractivity contribution in [1.82, 2.24) is 10.2 Å². The van der Waals surface area contributed by atoms with Crippen molar-refractivity contribution < 1.29 is 22.7 Å². The third-order valence-electron chi connectivity index (χ3n) is 3.48. The number of carbonyl (C=O) groups is 1. The summed E-state index contributed by atoms with van der Waals surface area (Å²) in [5, 5.41) is 9.96. The molecule has 0 aliphatic carbocycles. The first-order valence-electron chi connectivity index (χ1n) is 6.89. The fraction of sp³-hybridized carbons (Fsp3) is 0.125. The van der Waals surface area contributed by atoms with Crippen LogP contribution in [0.5, 0.6) is 5.75 Å². The van der Waals surface area contributed by atoms with Gasteiger partial charge >= 0.3 is 6.18 Å². The number of nitrogens with zero attached hydrogens (tertiary/aromatic N) is 1. The zero-order valence-corrected chi connectivity index (χ0v) is 12.4. The van der Waals surface area contributed by atoms with E-state index in [2.05, 4.69) is 15.5 Å². The summed E-state index contributed by atoms with van der Waals surface area (Å²) in [6.45, 7) is 0. The van der Waals surface area contributed by atoms with E-state index in [-0.39, 0.29) is 11.4 Å². The Labute approximate surface area is 134 Å². The predicted octanol–water partition coefficient (Wildman–Crippen LogP) is 3.84. The Hall–Kier alpha value is -3.03. The van der Waals surface area contributed by atoms with E-state index < -0.39 is 17.6 Å². The number of aromatic amines is 1. The molecular formula is C16H12F3N3O2. The highest BCUT2D eigenvalue weighted by Crippen LogP contribution is 2.29. The van der Waals surface area contributed by atoms with Crippen LogP contribution in [-0.2, 0) is 6.18 Å². The van der Waals surface area contributed by atoms with Crippen molar-refractivity contribution in [1.29, 1.82) is 0 Å². The van der Waals surface area contributed by atoms with Crippen LogP contribution in [0.4, 0.5) is 19.0 Å². The number of amides is 1. The van der Waals surface area contributed by atoms with Crippen LogP contribution >= 0.6 is 0 Å². The number of benzene rings is 2. The molecule has 0 bridgehead atoms. The molecule has 0 fully saturated rings. The van der Waals surface area contributed by atoms with Crippen molar-refractivity contribution in [3.8, 4) is 5.75 Å². The molecule has 2 N–H and O–H groups in total. The lowest BCUT2D eigenvalue weighted by atomic mass is 10.1. The Morgan fingerprint density at radius 3 is 2.50 bits per heavy atom. The Bertz CT molecular complexity index is 886. The maximum Gasteiger partial charge on any atom is 0.416 e. The number of rotatable bonds is 3. The molecule has 3 aromatic rings. The van der Waals surface area contributed by atoms with Crippen molar-refractivity contribution in [3.63, 3.8) is 0 Å². The molecule has 1 heterocycles. The van der Waals surface area contributed by atoms with Gasteiger partial charge in [0.25, 0.3) is 5.91 Å². The standard InChI is InChI=1S/C16H12F3N3O2/c1-24-11-6-7-13-12(8-11)14(22-21-13)20-15(23)9-2-4-10(5-3-9)16(17,18)19/h2-8H,1H3,(H2,20,21,22,23). The SMILES string of the molecule is COc1ccc2[nH]nc(NC(=O)c3ccc(C(F)(F)F)cc3)c2c1. The molecule has 0 radical (unpaired) electrons. The van der Waals surface area contributed by atoms with Crippen LogP contribution in [-0.4, -0.2) is 23.2 Å². The van der Waals surface area contributed by atoms with Crippen molar-refractivity contribution in [2.24, 2.45) is 0 Å². The maximum absolute atomic E-state index is 12.5. The van der Waals surface area contributed by atoms with E-state index in [1.165, 1.54) is 7.11 Å². The molecule has 124 valence electrons. The topological polar surface area (TPSA) is 67.0 Å². The van der Waals surface area contributed by atoms with Crippen molar-refractivity contribution in [2.45, 2.75) is 6.18 Å². The molecular weight excluding hydrogens is 323 g/mol. The molecule has 0 aliphatic heterocycles. The largest absolute Gasteiger partial charge is 0.497 e. The van der Waals surface area contributed by atoms with Gasteiger partial charge in [0.15, 0.2) is 5.82 Å². The number of methoxy groups -OCH3 is 1. The number of H-pyrrole nitrogens is 1. The summed E-state index contributed by atoms with van der Waals surface area (Å²) >= 11 is 0. The van der Waals surface area contributed by atoms with Crippen LogP contribution in [0.2, 0.25) is 0 Å². The highest BCUT2D eigenvalue weighted by Gasteiger charge is 2.30. The molecule has 2 aromatic carbocycles. The quantitative estimate of drug-likeness (QED) is 0.764. The minimum atomic E-state index is -4.44. The highest BCUT2D eigenvalue weighted by molar-refractivity contribution is 6.08. The van der Waals surface area contributed by atoms with Crippen LogP contribution in [0, 0.1) is 0 Å². The molecule has 0 atom stereocenters. The molecule has 3 rings (SSSR count). The van der Waals surface area contributed by atoms with Crippen LogP contribution in [0.15, 0.2) is 42.5 Å². The maximum atomic E-state index is 12.5. The van der Waals surface area contributed by atoms with Gasteiger partial charge in [-0.3, -0.25) is 9.89 Å². The van der Waals surface area contributed by atoms with Crippen LogP contribution < -0.4 is 10.1 Å². The number of carbonyl (C=O) groups excluding carboxylic acids is 1. The Balaban J connectivity index is 1.84. The smallest absolute Gasteiger partial charge is 0.416 e. The summed E-state index contributed by atoms with van der Waals surface area (Å²) in [6.07, 6.45) is -4.44. The normalized spacial score (nSPS) is 11.5. The molecule has 0 unspecified atom stereocenters.